The van der Waals surface area contributed by atoms with E-state index < -0.39 is 0 Å². The van der Waals surface area contributed by atoms with Gasteiger partial charge in [-0.15, -0.1) is 0 Å². The summed E-state index contributed by atoms with van der Waals surface area (Å²) in [6.45, 7) is 12.3. The van der Waals surface area contributed by atoms with Crippen molar-refractivity contribution in [2.45, 2.75) is 65.8 Å². The van der Waals surface area contributed by atoms with Crippen LogP contribution in [0.25, 0.3) is 0 Å². The molecular formula is C26H41BrN2O3. The van der Waals surface area contributed by atoms with Crippen LogP contribution in [0.2, 0.25) is 0 Å². The van der Waals surface area contributed by atoms with Crippen LogP contribution in [0, 0.1) is 6.92 Å². The van der Waals surface area contributed by atoms with E-state index in [1.807, 2.05) is 11.0 Å². The van der Waals surface area contributed by atoms with Gasteiger partial charge in [-0.2, -0.15) is 0 Å². The SMILES string of the molecule is CC[N+]1(Cc2ccc(C)cc2)CCN(C(=O)/C=C/CCCCCCCOC(C)=O)CC1.[Br-]. The van der Waals surface area contributed by atoms with E-state index in [1.165, 1.54) is 18.1 Å². The second-order valence-corrected chi connectivity index (χ2v) is 8.87. The van der Waals surface area contributed by atoms with Gasteiger partial charge in [0.25, 0.3) is 0 Å². The van der Waals surface area contributed by atoms with Crippen molar-refractivity contribution in [2.75, 3.05) is 39.3 Å². The number of nitrogens with zero attached hydrogens (tertiary/aromatic N) is 2. The number of quaternary nitrogens is 1. The number of carbonyl (C=O) groups excluding carboxylic acids is 2. The van der Waals surface area contributed by atoms with Crippen molar-refractivity contribution < 1.29 is 35.8 Å². The topological polar surface area (TPSA) is 46.6 Å². The van der Waals surface area contributed by atoms with E-state index in [-0.39, 0.29) is 28.9 Å². The van der Waals surface area contributed by atoms with Crippen molar-refractivity contribution in [3.63, 3.8) is 0 Å². The third-order valence-electron chi connectivity index (χ3n) is 6.39. The fourth-order valence-corrected chi connectivity index (χ4v) is 4.18. The minimum Gasteiger partial charge on any atom is -1.00 e. The van der Waals surface area contributed by atoms with E-state index in [0.717, 1.165) is 82.3 Å². The zero-order valence-electron chi connectivity index (χ0n) is 20.2. The first-order valence-electron chi connectivity index (χ1n) is 11.9. The second-order valence-electron chi connectivity index (χ2n) is 8.87. The Kier molecular flexibility index (Phi) is 13.5. The van der Waals surface area contributed by atoms with Crippen LogP contribution in [-0.4, -0.2) is 60.6 Å². The van der Waals surface area contributed by atoms with Gasteiger partial charge in [-0.05, 0) is 39.2 Å². The minimum atomic E-state index is -0.200. The highest BCUT2D eigenvalue weighted by Crippen LogP contribution is 2.19. The molecule has 0 saturated carbocycles. The van der Waals surface area contributed by atoms with Crippen LogP contribution in [0.3, 0.4) is 0 Å². The summed E-state index contributed by atoms with van der Waals surface area (Å²) >= 11 is 0. The fraction of sp³-hybridized carbons (Fsp3) is 0.615. The number of halogens is 1. The molecule has 5 nitrogen and oxygen atoms in total. The summed E-state index contributed by atoms with van der Waals surface area (Å²) in [7, 11) is 0. The van der Waals surface area contributed by atoms with E-state index in [9.17, 15) is 9.59 Å². The van der Waals surface area contributed by atoms with Gasteiger partial charge in [0.2, 0.25) is 5.91 Å². The Morgan fingerprint density at radius 3 is 2.28 bits per heavy atom. The molecule has 1 fully saturated rings. The van der Waals surface area contributed by atoms with Crippen LogP contribution in [0.15, 0.2) is 36.4 Å². The first kappa shape index (κ1) is 28.4. The van der Waals surface area contributed by atoms with Gasteiger partial charge < -0.3 is 31.1 Å². The van der Waals surface area contributed by atoms with Crippen LogP contribution in [0.1, 0.15) is 63.5 Å². The third kappa shape index (κ3) is 10.3. The second kappa shape index (κ2) is 15.2. The van der Waals surface area contributed by atoms with Gasteiger partial charge in [0.15, 0.2) is 0 Å². The maximum atomic E-state index is 12.5. The Labute approximate surface area is 205 Å². The highest BCUT2D eigenvalue weighted by Gasteiger charge is 2.32. The molecule has 0 bridgehead atoms. The smallest absolute Gasteiger partial charge is 0.302 e. The molecule has 0 N–H and O–H groups in total. The minimum absolute atomic E-state index is 0. The lowest BCUT2D eigenvalue weighted by Crippen LogP contribution is -3.00. The largest absolute Gasteiger partial charge is 1.00 e. The van der Waals surface area contributed by atoms with Gasteiger partial charge in [0.1, 0.15) is 6.54 Å². The predicted octanol–water partition coefficient (Wildman–Crippen LogP) is 1.64. The predicted molar refractivity (Wildman–Crippen MR) is 125 cm³/mol. The maximum absolute atomic E-state index is 12.5. The molecule has 0 aliphatic carbocycles. The van der Waals surface area contributed by atoms with E-state index in [0.29, 0.717) is 6.61 Å². The van der Waals surface area contributed by atoms with Crippen LogP contribution in [-0.2, 0) is 20.9 Å². The molecule has 1 aliphatic rings. The molecule has 1 saturated heterocycles. The summed E-state index contributed by atoms with van der Waals surface area (Å²) in [6.07, 6.45) is 10.2. The molecule has 0 atom stereocenters. The van der Waals surface area contributed by atoms with E-state index in [4.69, 9.17) is 4.74 Å². The van der Waals surface area contributed by atoms with Gasteiger partial charge in [-0.1, -0.05) is 55.2 Å². The number of unbranched alkanes of at least 4 members (excludes halogenated alkanes) is 5. The quantitative estimate of drug-likeness (QED) is 0.186. The number of rotatable bonds is 12. The van der Waals surface area contributed by atoms with Gasteiger partial charge in [-0.3, -0.25) is 9.59 Å². The van der Waals surface area contributed by atoms with E-state index >= 15 is 0 Å². The number of likely N-dealkylation sites (N-methyl/N-ethyl adjacent to an activating group) is 1. The molecule has 0 unspecified atom stereocenters. The van der Waals surface area contributed by atoms with Gasteiger partial charge in [-0.25, -0.2) is 0 Å². The number of piperazine rings is 1. The van der Waals surface area contributed by atoms with Gasteiger partial charge >= 0.3 is 5.97 Å². The number of amides is 1. The van der Waals surface area contributed by atoms with Crippen LogP contribution in [0.4, 0.5) is 0 Å². The maximum Gasteiger partial charge on any atom is 0.302 e. The van der Waals surface area contributed by atoms with Crippen molar-refractivity contribution in [3.8, 4) is 0 Å². The number of hydrogen-bond donors (Lipinski definition) is 0. The number of aryl methyl sites for hydroxylation is 1. The summed E-state index contributed by atoms with van der Waals surface area (Å²) in [5.74, 6) is -0.0419. The molecule has 180 valence electrons. The number of ether oxygens (including phenoxy) is 1. The first-order valence-corrected chi connectivity index (χ1v) is 11.9. The average Bonchev–Trinajstić information content (AvgIpc) is 2.76. The molecule has 1 aromatic carbocycles. The molecule has 6 heteroatoms. The van der Waals surface area contributed by atoms with Crippen molar-refractivity contribution in [1.82, 2.24) is 4.90 Å². The van der Waals surface area contributed by atoms with Crippen molar-refractivity contribution in [1.29, 1.82) is 0 Å². The zero-order valence-corrected chi connectivity index (χ0v) is 21.7. The first-order chi connectivity index (χ1) is 14.9. The van der Waals surface area contributed by atoms with Crippen molar-refractivity contribution in [2.24, 2.45) is 0 Å². The highest BCUT2D eigenvalue weighted by atomic mass is 79.9. The standard InChI is InChI=1S/C26H41N2O3.BrH/c1-4-28(22-25-15-13-23(2)14-16-25)19-17-27(18-20-28)26(30)12-10-8-6-5-7-9-11-21-31-24(3)29;/h10,12-16H,4-9,11,17-22H2,1-3H3;1H/q+1;/p-1/b12-10+;. The van der Waals surface area contributed by atoms with Gasteiger partial charge in [0.05, 0.1) is 39.3 Å². The number of allylic oxidation sites excluding steroid dienone is 1. The Morgan fingerprint density at radius 2 is 1.66 bits per heavy atom. The lowest BCUT2D eigenvalue weighted by atomic mass is 10.1. The van der Waals surface area contributed by atoms with E-state index in [1.54, 1.807) is 6.08 Å². The summed E-state index contributed by atoms with van der Waals surface area (Å²) in [6, 6.07) is 8.86. The normalized spacial score (nSPS) is 15.4. The summed E-state index contributed by atoms with van der Waals surface area (Å²) in [5.41, 5.74) is 2.69. The molecule has 0 aromatic heterocycles. The molecular weight excluding hydrogens is 468 g/mol. The molecule has 32 heavy (non-hydrogen) atoms. The molecule has 1 heterocycles. The fourth-order valence-electron chi connectivity index (χ4n) is 4.18. The molecule has 1 aromatic rings. The lowest BCUT2D eigenvalue weighted by molar-refractivity contribution is -0.942. The monoisotopic (exact) mass is 508 g/mol. The average molecular weight is 510 g/mol. The zero-order chi connectivity index (χ0) is 22.5. The summed E-state index contributed by atoms with van der Waals surface area (Å²) < 4.78 is 5.99. The lowest BCUT2D eigenvalue weighted by Gasteiger charge is -2.44. The Bertz CT molecular complexity index is 710. The van der Waals surface area contributed by atoms with Gasteiger partial charge in [0, 0.05) is 12.5 Å². The Morgan fingerprint density at radius 1 is 1.03 bits per heavy atom. The van der Waals surface area contributed by atoms with Crippen LogP contribution >= 0.6 is 0 Å². The molecule has 2 rings (SSSR count). The number of hydrogen-bond acceptors (Lipinski definition) is 3. The molecule has 0 radical (unpaired) electrons. The Balaban J connectivity index is 0.00000512. The number of esters is 1. The van der Waals surface area contributed by atoms with Crippen LogP contribution < -0.4 is 17.0 Å². The van der Waals surface area contributed by atoms with Crippen molar-refractivity contribution >= 4 is 11.9 Å². The summed E-state index contributed by atoms with van der Waals surface area (Å²) in [4.78, 5) is 25.2. The van der Waals surface area contributed by atoms with Crippen molar-refractivity contribution in [3.05, 3.63) is 47.5 Å². The van der Waals surface area contributed by atoms with E-state index in [2.05, 4.69) is 38.1 Å². The molecule has 1 amide bonds. The third-order valence-corrected chi connectivity index (χ3v) is 6.39. The Hall–Kier alpha value is -1.66. The highest BCUT2D eigenvalue weighted by molar-refractivity contribution is 5.87. The molecule has 0 spiro atoms. The number of benzene rings is 1. The van der Waals surface area contributed by atoms with Crippen LogP contribution in [0.5, 0.6) is 0 Å². The number of carbonyl (C=O) groups is 2. The summed E-state index contributed by atoms with van der Waals surface area (Å²) in [5, 5.41) is 0. The molecule has 1 aliphatic heterocycles.